The van der Waals surface area contributed by atoms with Gasteiger partial charge in [0, 0.05) is 56.1 Å². The standard InChI is InChI=1S/C23H24N4O3/c28-23(17-8-11-29-12-9-17)27-14-19(18-7-4-10-24-13-18)20(15-27)22-25-21(26-30-22)16-5-2-1-3-6-16/h1-7,10,13,17,19-20H,8-9,11-12,14-15H2/t19-,20+/m0/s1. The zero-order valence-corrected chi connectivity index (χ0v) is 16.7. The van der Waals surface area contributed by atoms with Crippen molar-refractivity contribution in [2.24, 2.45) is 5.92 Å². The van der Waals surface area contributed by atoms with E-state index in [0.717, 1.165) is 24.0 Å². The van der Waals surface area contributed by atoms with Gasteiger partial charge in [0.1, 0.15) is 0 Å². The monoisotopic (exact) mass is 404 g/mol. The molecule has 3 aromatic rings. The second kappa shape index (κ2) is 8.36. The lowest BCUT2D eigenvalue weighted by atomic mass is 9.90. The number of carbonyl (C=O) groups is 1. The van der Waals surface area contributed by atoms with Crippen molar-refractivity contribution < 1.29 is 14.1 Å². The van der Waals surface area contributed by atoms with Gasteiger partial charge in [-0.1, -0.05) is 41.6 Å². The fraction of sp³-hybridized carbons (Fsp3) is 0.391. The van der Waals surface area contributed by atoms with Gasteiger partial charge in [-0.05, 0) is 24.5 Å². The van der Waals surface area contributed by atoms with Gasteiger partial charge in [-0.3, -0.25) is 9.78 Å². The molecule has 0 bridgehead atoms. The number of amides is 1. The van der Waals surface area contributed by atoms with Crippen LogP contribution >= 0.6 is 0 Å². The first-order valence-corrected chi connectivity index (χ1v) is 10.4. The molecule has 2 fully saturated rings. The van der Waals surface area contributed by atoms with E-state index in [-0.39, 0.29) is 23.7 Å². The number of carbonyl (C=O) groups excluding carboxylic acids is 1. The van der Waals surface area contributed by atoms with Gasteiger partial charge in [0.2, 0.25) is 17.6 Å². The summed E-state index contributed by atoms with van der Waals surface area (Å²) < 4.78 is 11.1. The summed E-state index contributed by atoms with van der Waals surface area (Å²) in [5.41, 5.74) is 2.00. The van der Waals surface area contributed by atoms with E-state index in [1.54, 1.807) is 6.20 Å². The first-order chi connectivity index (χ1) is 14.8. The Bertz CT molecular complexity index is 986. The van der Waals surface area contributed by atoms with E-state index in [2.05, 4.69) is 21.2 Å². The Hall–Kier alpha value is -3.06. The Morgan fingerprint density at radius 2 is 1.80 bits per heavy atom. The predicted octanol–water partition coefficient (Wildman–Crippen LogP) is 3.27. The number of ether oxygens (including phenoxy) is 1. The van der Waals surface area contributed by atoms with Crippen LogP contribution in [0.2, 0.25) is 0 Å². The number of benzene rings is 1. The van der Waals surface area contributed by atoms with Crippen molar-refractivity contribution in [1.82, 2.24) is 20.0 Å². The molecule has 0 radical (unpaired) electrons. The summed E-state index contributed by atoms with van der Waals surface area (Å²) in [7, 11) is 0. The minimum Gasteiger partial charge on any atom is -0.381 e. The molecule has 0 saturated carbocycles. The van der Waals surface area contributed by atoms with Crippen molar-refractivity contribution in [2.45, 2.75) is 24.7 Å². The maximum absolute atomic E-state index is 13.2. The van der Waals surface area contributed by atoms with E-state index < -0.39 is 0 Å². The molecule has 0 spiro atoms. The van der Waals surface area contributed by atoms with Gasteiger partial charge in [-0.2, -0.15) is 4.98 Å². The number of aromatic nitrogens is 3. The van der Waals surface area contributed by atoms with E-state index in [1.165, 1.54) is 0 Å². The van der Waals surface area contributed by atoms with Crippen LogP contribution in [0.15, 0.2) is 59.4 Å². The van der Waals surface area contributed by atoms with Gasteiger partial charge in [0.25, 0.3) is 0 Å². The largest absolute Gasteiger partial charge is 0.381 e. The minimum atomic E-state index is -0.0528. The van der Waals surface area contributed by atoms with Crippen LogP contribution in [0.5, 0.6) is 0 Å². The van der Waals surface area contributed by atoms with Crippen LogP contribution in [-0.4, -0.2) is 52.2 Å². The summed E-state index contributed by atoms with van der Waals surface area (Å²) in [6.45, 7) is 2.52. The maximum Gasteiger partial charge on any atom is 0.232 e. The molecule has 1 aromatic carbocycles. The molecule has 5 rings (SSSR count). The molecule has 30 heavy (non-hydrogen) atoms. The second-order valence-corrected chi connectivity index (χ2v) is 7.95. The molecular formula is C23H24N4O3. The summed E-state index contributed by atoms with van der Waals surface area (Å²) in [5.74, 6) is 1.41. The van der Waals surface area contributed by atoms with Gasteiger partial charge in [-0.15, -0.1) is 0 Å². The quantitative estimate of drug-likeness (QED) is 0.664. The third kappa shape index (κ3) is 3.73. The van der Waals surface area contributed by atoms with Crippen LogP contribution in [0.3, 0.4) is 0 Å². The normalized spacial score (nSPS) is 22.3. The molecule has 4 heterocycles. The number of hydrogen-bond donors (Lipinski definition) is 0. The first-order valence-electron chi connectivity index (χ1n) is 10.4. The van der Waals surface area contributed by atoms with Crippen LogP contribution in [0, 0.1) is 5.92 Å². The van der Waals surface area contributed by atoms with Gasteiger partial charge in [0.05, 0.1) is 5.92 Å². The fourth-order valence-corrected chi connectivity index (χ4v) is 4.46. The lowest BCUT2D eigenvalue weighted by Crippen LogP contribution is -2.37. The predicted molar refractivity (Wildman–Crippen MR) is 110 cm³/mol. The van der Waals surface area contributed by atoms with E-state index in [1.807, 2.05) is 47.5 Å². The lowest BCUT2D eigenvalue weighted by Gasteiger charge is -2.26. The van der Waals surface area contributed by atoms with Crippen LogP contribution in [0.25, 0.3) is 11.4 Å². The van der Waals surface area contributed by atoms with E-state index in [0.29, 0.717) is 38.0 Å². The summed E-state index contributed by atoms with van der Waals surface area (Å²) in [6, 6.07) is 13.8. The fourth-order valence-electron chi connectivity index (χ4n) is 4.46. The summed E-state index contributed by atoms with van der Waals surface area (Å²) in [5, 5.41) is 4.20. The van der Waals surface area contributed by atoms with E-state index in [4.69, 9.17) is 9.26 Å². The molecule has 2 aliphatic heterocycles. The number of nitrogens with zero attached hydrogens (tertiary/aromatic N) is 4. The van der Waals surface area contributed by atoms with Gasteiger partial charge in [0.15, 0.2) is 0 Å². The third-order valence-corrected chi connectivity index (χ3v) is 6.11. The molecule has 0 N–H and O–H groups in total. The molecule has 2 saturated heterocycles. The molecule has 2 aliphatic rings. The zero-order valence-electron chi connectivity index (χ0n) is 16.7. The Kier molecular flexibility index (Phi) is 5.27. The number of pyridine rings is 1. The highest BCUT2D eigenvalue weighted by molar-refractivity contribution is 5.79. The lowest BCUT2D eigenvalue weighted by molar-refractivity contribution is -0.137. The molecule has 0 unspecified atom stereocenters. The highest BCUT2D eigenvalue weighted by atomic mass is 16.5. The highest BCUT2D eigenvalue weighted by Crippen LogP contribution is 2.40. The van der Waals surface area contributed by atoms with Crippen molar-refractivity contribution in [2.75, 3.05) is 26.3 Å². The number of hydrogen-bond acceptors (Lipinski definition) is 6. The van der Waals surface area contributed by atoms with Crippen LogP contribution < -0.4 is 0 Å². The summed E-state index contributed by atoms with van der Waals surface area (Å²) in [6.07, 6.45) is 5.21. The smallest absolute Gasteiger partial charge is 0.232 e. The molecule has 154 valence electrons. The molecule has 7 nitrogen and oxygen atoms in total. The van der Waals surface area contributed by atoms with Crippen molar-refractivity contribution in [3.8, 4) is 11.4 Å². The van der Waals surface area contributed by atoms with Crippen molar-refractivity contribution >= 4 is 5.91 Å². The van der Waals surface area contributed by atoms with Gasteiger partial charge < -0.3 is 14.2 Å². The molecule has 1 amide bonds. The van der Waals surface area contributed by atoms with Crippen LogP contribution in [0.4, 0.5) is 0 Å². The topological polar surface area (TPSA) is 81.4 Å². The van der Waals surface area contributed by atoms with Crippen molar-refractivity contribution in [3.63, 3.8) is 0 Å². The van der Waals surface area contributed by atoms with E-state index >= 15 is 0 Å². The third-order valence-electron chi connectivity index (χ3n) is 6.11. The molecule has 2 atom stereocenters. The van der Waals surface area contributed by atoms with Gasteiger partial charge in [-0.25, -0.2) is 0 Å². The Morgan fingerprint density at radius 3 is 2.57 bits per heavy atom. The number of rotatable bonds is 4. The SMILES string of the molecule is O=C(C1CCOCC1)N1C[C@@H](c2cccnc2)[C@H](c2nc(-c3ccccc3)no2)C1. The molecular weight excluding hydrogens is 380 g/mol. The highest BCUT2D eigenvalue weighted by Gasteiger charge is 2.42. The van der Waals surface area contributed by atoms with Crippen molar-refractivity contribution in [1.29, 1.82) is 0 Å². The maximum atomic E-state index is 13.2. The Balaban J connectivity index is 1.42. The average Bonchev–Trinajstić information content (AvgIpc) is 3.48. The van der Waals surface area contributed by atoms with Crippen LogP contribution in [0.1, 0.15) is 36.1 Å². The molecule has 2 aromatic heterocycles. The van der Waals surface area contributed by atoms with E-state index in [9.17, 15) is 4.79 Å². The first kappa shape index (κ1) is 18.9. The van der Waals surface area contributed by atoms with Gasteiger partial charge >= 0.3 is 0 Å². The average molecular weight is 404 g/mol. The Labute approximate surface area is 175 Å². The van der Waals surface area contributed by atoms with Crippen molar-refractivity contribution in [3.05, 3.63) is 66.3 Å². The molecule has 0 aliphatic carbocycles. The summed E-state index contributed by atoms with van der Waals surface area (Å²) >= 11 is 0. The number of likely N-dealkylation sites (tertiary alicyclic amines) is 1. The molecule has 7 heteroatoms. The Morgan fingerprint density at radius 1 is 1.00 bits per heavy atom. The zero-order chi connectivity index (χ0) is 20.3. The minimum absolute atomic E-state index is 0.0367. The van der Waals surface area contributed by atoms with Crippen LogP contribution in [-0.2, 0) is 9.53 Å². The second-order valence-electron chi connectivity index (χ2n) is 7.95. The summed E-state index contributed by atoms with van der Waals surface area (Å²) in [4.78, 5) is 24.1.